The molecule has 66 valence electrons. The summed E-state index contributed by atoms with van der Waals surface area (Å²) >= 11 is 0. The van der Waals surface area contributed by atoms with Crippen LogP contribution in [-0.2, 0) is 0 Å². The quantitative estimate of drug-likeness (QED) is 0.662. The van der Waals surface area contributed by atoms with Crippen molar-refractivity contribution < 1.29 is 0 Å². The second-order valence-electron chi connectivity index (χ2n) is 3.93. The van der Waals surface area contributed by atoms with E-state index in [9.17, 15) is 0 Å². The third kappa shape index (κ3) is 1.94. The Morgan fingerprint density at radius 2 is 2.00 bits per heavy atom. The summed E-state index contributed by atoms with van der Waals surface area (Å²) < 4.78 is 0. The van der Waals surface area contributed by atoms with Crippen molar-refractivity contribution in [2.75, 3.05) is 13.1 Å². The summed E-state index contributed by atoms with van der Waals surface area (Å²) in [5.74, 6) is 0.771. The first kappa shape index (κ1) is 9.01. The monoisotopic (exact) mass is 156 g/mol. The van der Waals surface area contributed by atoms with Gasteiger partial charge in [-0.25, -0.2) is 0 Å². The van der Waals surface area contributed by atoms with E-state index < -0.39 is 0 Å². The molecule has 0 radical (unpaired) electrons. The van der Waals surface area contributed by atoms with Crippen LogP contribution in [0.5, 0.6) is 0 Å². The molecule has 0 aromatic heterocycles. The molecule has 0 saturated carbocycles. The van der Waals surface area contributed by atoms with Crippen molar-refractivity contribution in [2.24, 2.45) is 11.7 Å². The third-order valence-corrected chi connectivity index (χ3v) is 2.59. The zero-order valence-corrected chi connectivity index (χ0v) is 7.88. The standard InChI is InChI=1S/C9H20N2/c1-4-9(7(2)3)11-5-8(10)6-11/h7-9H,4-6,10H2,1-3H3. The van der Waals surface area contributed by atoms with E-state index in [4.69, 9.17) is 5.73 Å². The summed E-state index contributed by atoms with van der Waals surface area (Å²) in [7, 11) is 0. The predicted octanol–water partition coefficient (Wildman–Crippen LogP) is 1.06. The van der Waals surface area contributed by atoms with Gasteiger partial charge in [0.05, 0.1) is 0 Å². The van der Waals surface area contributed by atoms with Gasteiger partial charge in [-0.1, -0.05) is 20.8 Å². The zero-order chi connectivity index (χ0) is 8.43. The van der Waals surface area contributed by atoms with Gasteiger partial charge >= 0.3 is 0 Å². The molecule has 1 heterocycles. The van der Waals surface area contributed by atoms with Gasteiger partial charge in [-0.05, 0) is 12.3 Å². The average Bonchev–Trinajstić information content (AvgIpc) is 1.85. The number of rotatable bonds is 3. The minimum atomic E-state index is 0.447. The Kier molecular flexibility index (Phi) is 2.90. The molecule has 0 aromatic carbocycles. The SMILES string of the molecule is CCC(C(C)C)N1CC(N)C1. The van der Waals surface area contributed by atoms with Crippen LogP contribution in [0.1, 0.15) is 27.2 Å². The summed E-state index contributed by atoms with van der Waals surface area (Å²) in [6.45, 7) is 9.05. The highest BCUT2D eigenvalue weighted by molar-refractivity contribution is 4.88. The van der Waals surface area contributed by atoms with Crippen LogP contribution in [0, 0.1) is 5.92 Å². The Balaban J connectivity index is 2.32. The lowest BCUT2D eigenvalue weighted by Crippen LogP contribution is -2.60. The van der Waals surface area contributed by atoms with Gasteiger partial charge in [-0.2, -0.15) is 0 Å². The van der Waals surface area contributed by atoms with Crippen molar-refractivity contribution >= 4 is 0 Å². The number of likely N-dealkylation sites (tertiary alicyclic amines) is 1. The lowest BCUT2D eigenvalue weighted by Gasteiger charge is -2.44. The van der Waals surface area contributed by atoms with E-state index in [1.807, 2.05) is 0 Å². The molecular formula is C9H20N2. The van der Waals surface area contributed by atoms with Crippen molar-refractivity contribution in [1.82, 2.24) is 4.90 Å². The lowest BCUT2D eigenvalue weighted by molar-refractivity contribution is 0.0654. The van der Waals surface area contributed by atoms with Gasteiger partial charge in [0.1, 0.15) is 0 Å². The molecule has 0 aromatic rings. The van der Waals surface area contributed by atoms with Crippen LogP contribution in [0.3, 0.4) is 0 Å². The van der Waals surface area contributed by atoms with Gasteiger partial charge in [0.2, 0.25) is 0 Å². The lowest BCUT2D eigenvalue weighted by atomic mass is 9.95. The van der Waals surface area contributed by atoms with Crippen molar-refractivity contribution in [3.05, 3.63) is 0 Å². The number of nitrogens with zero attached hydrogens (tertiary/aromatic N) is 1. The highest BCUT2D eigenvalue weighted by atomic mass is 15.2. The molecule has 2 nitrogen and oxygen atoms in total. The molecule has 1 atom stereocenters. The molecule has 0 bridgehead atoms. The minimum Gasteiger partial charge on any atom is -0.325 e. The summed E-state index contributed by atoms with van der Waals surface area (Å²) in [6, 6.07) is 1.21. The molecule has 0 spiro atoms. The van der Waals surface area contributed by atoms with E-state index in [0.717, 1.165) is 25.0 Å². The summed E-state index contributed by atoms with van der Waals surface area (Å²) in [5.41, 5.74) is 5.72. The Morgan fingerprint density at radius 3 is 2.27 bits per heavy atom. The Bertz CT molecular complexity index is 117. The summed E-state index contributed by atoms with van der Waals surface area (Å²) in [5, 5.41) is 0. The second kappa shape index (κ2) is 3.55. The average molecular weight is 156 g/mol. The Hall–Kier alpha value is -0.0800. The van der Waals surface area contributed by atoms with Gasteiger partial charge in [-0.3, -0.25) is 4.90 Å². The molecule has 1 unspecified atom stereocenters. The van der Waals surface area contributed by atoms with Crippen molar-refractivity contribution in [3.8, 4) is 0 Å². The van der Waals surface area contributed by atoms with Gasteiger partial charge < -0.3 is 5.73 Å². The van der Waals surface area contributed by atoms with Crippen LogP contribution < -0.4 is 5.73 Å². The van der Waals surface area contributed by atoms with Gasteiger partial charge in [-0.15, -0.1) is 0 Å². The molecular weight excluding hydrogens is 136 g/mol. The fourth-order valence-electron chi connectivity index (χ4n) is 1.97. The fourth-order valence-corrected chi connectivity index (χ4v) is 1.97. The van der Waals surface area contributed by atoms with Crippen LogP contribution >= 0.6 is 0 Å². The van der Waals surface area contributed by atoms with Crippen LogP contribution in [0.4, 0.5) is 0 Å². The first-order valence-electron chi connectivity index (χ1n) is 4.64. The van der Waals surface area contributed by atoms with Crippen LogP contribution in [0.25, 0.3) is 0 Å². The Morgan fingerprint density at radius 1 is 1.45 bits per heavy atom. The summed E-state index contributed by atoms with van der Waals surface area (Å²) in [6.07, 6.45) is 1.25. The molecule has 0 amide bonds. The van der Waals surface area contributed by atoms with Gasteiger partial charge in [0, 0.05) is 25.2 Å². The normalized spacial score (nSPS) is 23.7. The van der Waals surface area contributed by atoms with Gasteiger partial charge in [0.15, 0.2) is 0 Å². The number of nitrogens with two attached hydrogens (primary N) is 1. The maximum absolute atomic E-state index is 5.72. The first-order valence-corrected chi connectivity index (χ1v) is 4.64. The van der Waals surface area contributed by atoms with Gasteiger partial charge in [0.25, 0.3) is 0 Å². The molecule has 1 aliphatic heterocycles. The van der Waals surface area contributed by atoms with E-state index in [2.05, 4.69) is 25.7 Å². The van der Waals surface area contributed by atoms with E-state index in [0.29, 0.717) is 6.04 Å². The van der Waals surface area contributed by atoms with Crippen LogP contribution in [0.2, 0.25) is 0 Å². The first-order chi connectivity index (χ1) is 5.15. The maximum atomic E-state index is 5.72. The molecule has 0 aliphatic carbocycles. The smallest absolute Gasteiger partial charge is 0.0297 e. The summed E-state index contributed by atoms with van der Waals surface area (Å²) in [4.78, 5) is 2.50. The largest absolute Gasteiger partial charge is 0.325 e. The minimum absolute atomic E-state index is 0.447. The molecule has 2 N–H and O–H groups in total. The number of hydrogen-bond acceptors (Lipinski definition) is 2. The van der Waals surface area contributed by atoms with E-state index in [-0.39, 0.29) is 0 Å². The Labute approximate surface area is 69.8 Å². The molecule has 2 heteroatoms. The van der Waals surface area contributed by atoms with Crippen LogP contribution in [-0.4, -0.2) is 30.1 Å². The van der Waals surface area contributed by atoms with Crippen LogP contribution in [0.15, 0.2) is 0 Å². The molecule has 11 heavy (non-hydrogen) atoms. The van der Waals surface area contributed by atoms with Crippen molar-refractivity contribution in [2.45, 2.75) is 39.3 Å². The molecule has 1 fully saturated rings. The van der Waals surface area contributed by atoms with E-state index >= 15 is 0 Å². The van der Waals surface area contributed by atoms with E-state index in [1.54, 1.807) is 0 Å². The molecule has 1 aliphatic rings. The van der Waals surface area contributed by atoms with Crippen molar-refractivity contribution in [1.29, 1.82) is 0 Å². The maximum Gasteiger partial charge on any atom is 0.0297 e. The zero-order valence-electron chi connectivity index (χ0n) is 7.88. The molecule has 1 saturated heterocycles. The second-order valence-corrected chi connectivity index (χ2v) is 3.93. The van der Waals surface area contributed by atoms with E-state index in [1.165, 1.54) is 6.42 Å². The topological polar surface area (TPSA) is 29.3 Å². The molecule has 1 rings (SSSR count). The predicted molar refractivity (Wildman–Crippen MR) is 48.5 cm³/mol. The fraction of sp³-hybridized carbons (Fsp3) is 1.00. The van der Waals surface area contributed by atoms with Crippen molar-refractivity contribution in [3.63, 3.8) is 0 Å². The highest BCUT2D eigenvalue weighted by Crippen LogP contribution is 2.19. The highest BCUT2D eigenvalue weighted by Gasteiger charge is 2.30. The third-order valence-electron chi connectivity index (χ3n) is 2.59. The number of hydrogen-bond donors (Lipinski definition) is 1.